The molecule has 2 heterocycles. The molecule has 0 spiro atoms. The number of aromatic nitrogens is 1. The zero-order chi connectivity index (χ0) is 13.2. The van der Waals surface area contributed by atoms with Gasteiger partial charge in [0.05, 0.1) is 0 Å². The maximum absolute atomic E-state index is 4.77. The molecule has 1 fully saturated rings. The maximum atomic E-state index is 4.77. The molecule has 18 heavy (non-hydrogen) atoms. The van der Waals surface area contributed by atoms with E-state index >= 15 is 0 Å². The Morgan fingerprint density at radius 2 is 2.22 bits per heavy atom. The molecule has 0 radical (unpaired) electrons. The largest absolute Gasteiger partial charge is 0.359 e. The highest BCUT2D eigenvalue weighted by Crippen LogP contribution is 2.31. The number of hydrogen-bond acceptors (Lipinski definition) is 4. The molecule has 1 aromatic rings. The lowest BCUT2D eigenvalue weighted by molar-refractivity contribution is 0.407. The Kier molecular flexibility index (Phi) is 4.33. The summed E-state index contributed by atoms with van der Waals surface area (Å²) in [7, 11) is 0. The summed E-state index contributed by atoms with van der Waals surface area (Å²) in [4.78, 5) is 9.27. The molecular formula is C13H21N3S2. The molecule has 100 valence electrons. The van der Waals surface area contributed by atoms with Crippen LogP contribution in [-0.4, -0.2) is 21.4 Å². The molecule has 1 aliphatic heterocycles. The van der Waals surface area contributed by atoms with E-state index in [1.165, 1.54) is 0 Å². The first-order chi connectivity index (χ1) is 8.58. The summed E-state index contributed by atoms with van der Waals surface area (Å²) in [5, 5.41) is 7.88. The molecule has 1 unspecified atom stereocenters. The molecule has 1 N–H and O–H groups in total. The lowest BCUT2D eigenvalue weighted by atomic mass is 9.96. The molecule has 5 heteroatoms. The van der Waals surface area contributed by atoms with Crippen LogP contribution in [0.5, 0.6) is 0 Å². The highest BCUT2D eigenvalue weighted by atomic mass is 32.2. The minimum Gasteiger partial charge on any atom is -0.359 e. The van der Waals surface area contributed by atoms with E-state index in [1.807, 2.05) is 18.7 Å². The molecule has 1 atom stereocenters. The average Bonchev–Trinajstić information content (AvgIpc) is 2.96. The summed E-state index contributed by atoms with van der Waals surface area (Å²) in [6.07, 6.45) is 2.31. The van der Waals surface area contributed by atoms with Gasteiger partial charge >= 0.3 is 0 Å². The summed E-state index contributed by atoms with van der Waals surface area (Å²) in [6.45, 7) is 8.63. The molecule has 0 bridgehead atoms. The van der Waals surface area contributed by atoms with Crippen molar-refractivity contribution in [1.82, 2.24) is 10.3 Å². The summed E-state index contributed by atoms with van der Waals surface area (Å²) in [6, 6.07) is 0.156. The van der Waals surface area contributed by atoms with Gasteiger partial charge in [-0.3, -0.25) is 4.99 Å². The Balaban J connectivity index is 2.07. The fourth-order valence-electron chi connectivity index (χ4n) is 2.00. The third-order valence-electron chi connectivity index (χ3n) is 3.52. The van der Waals surface area contributed by atoms with Crippen molar-refractivity contribution in [3.8, 4) is 0 Å². The Morgan fingerprint density at radius 1 is 1.50 bits per heavy atom. The van der Waals surface area contributed by atoms with Crippen molar-refractivity contribution in [3.63, 3.8) is 0 Å². The van der Waals surface area contributed by atoms with Crippen LogP contribution in [0.2, 0.25) is 0 Å². The second-order valence-corrected chi connectivity index (χ2v) is 6.69. The Labute approximate surface area is 118 Å². The van der Waals surface area contributed by atoms with E-state index < -0.39 is 0 Å². The molecule has 1 aromatic heterocycles. The monoisotopic (exact) mass is 283 g/mol. The quantitative estimate of drug-likeness (QED) is 0.914. The zero-order valence-electron chi connectivity index (χ0n) is 11.5. The summed E-state index contributed by atoms with van der Waals surface area (Å²) in [5.41, 5.74) is 1.34. The predicted molar refractivity (Wildman–Crippen MR) is 81.6 cm³/mol. The maximum Gasteiger partial charge on any atom is 0.157 e. The minimum absolute atomic E-state index is 0.156. The van der Waals surface area contributed by atoms with Crippen LogP contribution in [0.25, 0.3) is 0 Å². The van der Waals surface area contributed by atoms with E-state index in [0.717, 1.165) is 34.5 Å². The highest BCUT2D eigenvalue weighted by molar-refractivity contribution is 8.14. The smallest absolute Gasteiger partial charge is 0.157 e. The van der Waals surface area contributed by atoms with E-state index in [2.05, 4.69) is 36.5 Å². The van der Waals surface area contributed by atoms with Crippen LogP contribution in [0.15, 0.2) is 10.4 Å². The van der Waals surface area contributed by atoms with Crippen LogP contribution in [0.3, 0.4) is 0 Å². The number of thioether (sulfide) groups is 1. The van der Waals surface area contributed by atoms with E-state index in [9.17, 15) is 0 Å². The Morgan fingerprint density at radius 3 is 2.72 bits per heavy atom. The van der Waals surface area contributed by atoms with Gasteiger partial charge in [-0.05, 0) is 26.7 Å². The van der Waals surface area contributed by atoms with Gasteiger partial charge in [0.1, 0.15) is 11.0 Å². The lowest BCUT2D eigenvalue weighted by Crippen LogP contribution is -2.42. The van der Waals surface area contributed by atoms with Crippen LogP contribution in [0.1, 0.15) is 50.4 Å². The van der Waals surface area contributed by atoms with Gasteiger partial charge in [0, 0.05) is 22.4 Å². The molecule has 0 saturated carbocycles. The second-order valence-electron chi connectivity index (χ2n) is 4.84. The van der Waals surface area contributed by atoms with Crippen molar-refractivity contribution in [2.24, 2.45) is 4.99 Å². The van der Waals surface area contributed by atoms with Gasteiger partial charge in [-0.25, -0.2) is 4.98 Å². The van der Waals surface area contributed by atoms with Crippen LogP contribution >= 0.6 is 23.1 Å². The zero-order valence-corrected chi connectivity index (χ0v) is 13.1. The number of rotatable bonds is 4. The number of nitrogens with one attached hydrogen (secondary N) is 1. The van der Waals surface area contributed by atoms with Gasteiger partial charge < -0.3 is 5.32 Å². The first kappa shape index (κ1) is 13.9. The Bertz CT molecular complexity index is 435. The van der Waals surface area contributed by atoms with Gasteiger partial charge in [0.25, 0.3) is 0 Å². The minimum atomic E-state index is 0.156. The van der Waals surface area contributed by atoms with Crippen LogP contribution in [0.4, 0.5) is 0 Å². The first-order valence-electron chi connectivity index (χ1n) is 6.49. The van der Waals surface area contributed by atoms with Gasteiger partial charge in [-0.1, -0.05) is 25.6 Å². The molecule has 0 aliphatic carbocycles. The van der Waals surface area contributed by atoms with E-state index in [-0.39, 0.29) is 11.6 Å². The van der Waals surface area contributed by atoms with Crippen molar-refractivity contribution in [1.29, 1.82) is 0 Å². The SMILES string of the molecule is CCC1(CC)CSC(=NC(C)c2nc(C)cs2)N1. The second kappa shape index (κ2) is 5.61. The number of aryl methyl sites for hydroxylation is 1. The number of nitrogens with zero attached hydrogens (tertiary/aromatic N) is 2. The van der Waals surface area contributed by atoms with Crippen molar-refractivity contribution in [2.75, 3.05) is 5.75 Å². The molecule has 1 aliphatic rings. The summed E-state index contributed by atoms with van der Waals surface area (Å²) in [5.74, 6) is 1.13. The van der Waals surface area contributed by atoms with Gasteiger partial charge in [0.2, 0.25) is 0 Å². The number of hydrogen-bond donors (Lipinski definition) is 1. The molecule has 0 aromatic carbocycles. The van der Waals surface area contributed by atoms with Crippen molar-refractivity contribution >= 4 is 28.3 Å². The lowest BCUT2D eigenvalue weighted by Gasteiger charge is -2.25. The van der Waals surface area contributed by atoms with Crippen molar-refractivity contribution in [2.45, 2.75) is 52.1 Å². The normalized spacial score (nSPS) is 22.1. The summed E-state index contributed by atoms with van der Waals surface area (Å²) < 4.78 is 0. The van der Waals surface area contributed by atoms with E-state index in [0.29, 0.717) is 0 Å². The number of amidine groups is 1. The van der Waals surface area contributed by atoms with E-state index in [1.54, 1.807) is 11.3 Å². The number of aliphatic imine (C=N–C) groups is 1. The van der Waals surface area contributed by atoms with Crippen molar-refractivity contribution < 1.29 is 0 Å². The Hall–Kier alpha value is -0.550. The molecule has 1 saturated heterocycles. The van der Waals surface area contributed by atoms with E-state index in [4.69, 9.17) is 4.99 Å². The third-order valence-corrected chi connectivity index (χ3v) is 5.83. The van der Waals surface area contributed by atoms with Crippen LogP contribution < -0.4 is 5.32 Å². The fourth-order valence-corrected chi connectivity index (χ4v) is 4.21. The molecular weight excluding hydrogens is 262 g/mol. The van der Waals surface area contributed by atoms with Crippen LogP contribution in [-0.2, 0) is 0 Å². The fraction of sp³-hybridized carbons (Fsp3) is 0.692. The van der Waals surface area contributed by atoms with Gasteiger partial charge in [-0.15, -0.1) is 11.3 Å². The summed E-state index contributed by atoms with van der Waals surface area (Å²) >= 11 is 3.54. The number of thiazole rings is 1. The van der Waals surface area contributed by atoms with Crippen LogP contribution in [0, 0.1) is 6.92 Å². The highest BCUT2D eigenvalue weighted by Gasteiger charge is 2.34. The topological polar surface area (TPSA) is 37.3 Å². The molecule has 3 nitrogen and oxygen atoms in total. The van der Waals surface area contributed by atoms with Crippen molar-refractivity contribution in [3.05, 3.63) is 16.1 Å². The van der Waals surface area contributed by atoms with Gasteiger partial charge in [-0.2, -0.15) is 0 Å². The van der Waals surface area contributed by atoms with Gasteiger partial charge in [0.15, 0.2) is 5.17 Å². The molecule has 2 rings (SSSR count). The predicted octanol–water partition coefficient (Wildman–Crippen LogP) is 3.76. The third kappa shape index (κ3) is 2.88. The molecule has 0 amide bonds. The average molecular weight is 283 g/mol. The standard InChI is InChI=1S/C13H21N3S2/c1-5-13(6-2)8-18-12(16-13)15-10(4)11-14-9(3)7-17-11/h7,10H,5-6,8H2,1-4H3,(H,15,16). The first-order valence-corrected chi connectivity index (χ1v) is 8.36.